The minimum absolute atomic E-state index is 0.528. The quantitative estimate of drug-likeness (QED) is 0.389. The van der Waals surface area contributed by atoms with Crippen LogP contribution in [0.3, 0.4) is 0 Å². The van der Waals surface area contributed by atoms with E-state index in [2.05, 4.69) is 103 Å². The van der Waals surface area contributed by atoms with Gasteiger partial charge in [-0.15, -0.1) is 0 Å². The van der Waals surface area contributed by atoms with E-state index in [0.29, 0.717) is 6.04 Å². The predicted octanol–water partition coefficient (Wildman–Crippen LogP) is 7.93. The van der Waals surface area contributed by atoms with Crippen molar-refractivity contribution in [2.75, 3.05) is 10.2 Å². The maximum Gasteiger partial charge on any atom is 0.0414 e. The van der Waals surface area contributed by atoms with E-state index in [9.17, 15) is 0 Å². The second-order valence-electron chi connectivity index (χ2n) is 7.33. The van der Waals surface area contributed by atoms with Crippen molar-refractivity contribution in [2.45, 2.75) is 52.0 Å². The first-order valence-corrected chi connectivity index (χ1v) is 10.6. The first-order chi connectivity index (χ1) is 13.8. The second-order valence-corrected chi connectivity index (χ2v) is 7.33. The fourth-order valence-corrected chi connectivity index (χ4v) is 3.73. The van der Waals surface area contributed by atoms with Crippen molar-refractivity contribution in [1.82, 2.24) is 0 Å². The maximum absolute atomic E-state index is 3.48. The number of unbranched alkanes of at least 4 members (excludes halogenated alkanes) is 1. The average Bonchev–Trinajstić information content (AvgIpc) is 2.75. The number of hydrogen-bond donors (Lipinski definition) is 1. The molecule has 0 bridgehead atoms. The van der Waals surface area contributed by atoms with Crippen LogP contribution in [0.15, 0.2) is 84.9 Å². The van der Waals surface area contributed by atoms with Crippen molar-refractivity contribution >= 4 is 22.7 Å². The minimum Gasteiger partial charge on any atom is -0.356 e. The van der Waals surface area contributed by atoms with Crippen LogP contribution in [0, 0.1) is 0 Å². The summed E-state index contributed by atoms with van der Waals surface area (Å²) in [5.41, 5.74) is 4.77. The molecule has 2 heteroatoms. The van der Waals surface area contributed by atoms with E-state index in [1.807, 2.05) is 6.07 Å². The molecule has 0 saturated heterocycles. The van der Waals surface area contributed by atoms with Crippen LogP contribution in [-0.4, -0.2) is 6.04 Å². The number of nitrogens with zero attached hydrogens (tertiary/aromatic N) is 1. The van der Waals surface area contributed by atoms with Crippen LogP contribution in [0.5, 0.6) is 0 Å². The summed E-state index contributed by atoms with van der Waals surface area (Å²) >= 11 is 0. The van der Waals surface area contributed by atoms with Gasteiger partial charge < -0.3 is 10.2 Å². The van der Waals surface area contributed by atoms with Crippen LogP contribution >= 0.6 is 0 Å². The molecule has 1 N–H and O–H groups in total. The smallest absolute Gasteiger partial charge is 0.0414 e. The third-order valence-corrected chi connectivity index (χ3v) is 5.12. The molecule has 0 heterocycles. The third kappa shape index (κ3) is 5.39. The largest absolute Gasteiger partial charge is 0.356 e. The Bertz CT molecular complexity index is 797. The highest BCUT2D eigenvalue weighted by Gasteiger charge is 2.19. The van der Waals surface area contributed by atoms with Gasteiger partial charge in [0.15, 0.2) is 0 Å². The number of rotatable bonds is 10. The molecule has 3 aromatic rings. The van der Waals surface area contributed by atoms with Gasteiger partial charge in [0.2, 0.25) is 0 Å². The number of nitrogens with one attached hydrogen (secondary N) is 1. The van der Waals surface area contributed by atoms with Gasteiger partial charge in [-0.3, -0.25) is 0 Å². The molecular formula is C26H32N2. The Morgan fingerprint density at radius 1 is 0.643 bits per heavy atom. The van der Waals surface area contributed by atoms with Crippen LogP contribution in [0.25, 0.3) is 0 Å². The molecular weight excluding hydrogens is 340 g/mol. The van der Waals surface area contributed by atoms with Crippen molar-refractivity contribution in [1.29, 1.82) is 0 Å². The number of anilines is 4. The summed E-state index contributed by atoms with van der Waals surface area (Å²) in [6.07, 6.45) is 6.14. The van der Waals surface area contributed by atoms with E-state index >= 15 is 0 Å². The zero-order valence-electron chi connectivity index (χ0n) is 17.1. The van der Waals surface area contributed by atoms with Gasteiger partial charge in [0, 0.05) is 28.8 Å². The highest BCUT2D eigenvalue weighted by molar-refractivity contribution is 5.68. The van der Waals surface area contributed by atoms with E-state index in [1.165, 1.54) is 43.5 Å². The summed E-state index contributed by atoms with van der Waals surface area (Å²) in [7, 11) is 0. The second kappa shape index (κ2) is 10.6. The lowest BCUT2D eigenvalue weighted by molar-refractivity contribution is 0.525. The minimum atomic E-state index is 0.528. The molecule has 0 spiro atoms. The molecule has 28 heavy (non-hydrogen) atoms. The van der Waals surface area contributed by atoms with Gasteiger partial charge in [0.05, 0.1) is 0 Å². The molecule has 3 aromatic carbocycles. The van der Waals surface area contributed by atoms with Crippen molar-refractivity contribution in [3.8, 4) is 0 Å². The van der Waals surface area contributed by atoms with Crippen LogP contribution in [0.2, 0.25) is 0 Å². The van der Waals surface area contributed by atoms with E-state index < -0.39 is 0 Å². The number of para-hydroxylation sites is 2. The van der Waals surface area contributed by atoms with Crippen LogP contribution in [0.1, 0.15) is 46.0 Å². The van der Waals surface area contributed by atoms with Crippen LogP contribution in [-0.2, 0) is 0 Å². The van der Waals surface area contributed by atoms with Gasteiger partial charge >= 0.3 is 0 Å². The molecule has 0 fully saturated rings. The summed E-state index contributed by atoms with van der Waals surface area (Å²) in [5.74, 6) is 0. The van der Waals surface area contributed by atoms with Gasteiger partial charge in [-0.2, -0.15) is 0 Å². The predicted molar refractivity (Wildman–Crippen MR) is 123 cm³/mol. The van der Waals surface area contributed by atoms with Crippen molar-refractivity contribution in [3.63, 3.8) is 0 Å². The topological polar surface area (TPSA) is 15.3 Å². The fourth-order valence-electron chi connectivity index (χ4n) is 3.73. The highest BCUT2D eigenvalue weighted by atomic mass is 15.2. The average molecular weight is 373 g/mol. The molecule has 3 rings (SSSR count). The Balaban J connectivity index is 1.86. The van der Waals surface area contributed by atoms with Gasteiger partial charge in [-0.25, -0.2) is 0 Å². The molecule has 0 aliphatic carbocycles. The lowest BCUT2D eigenvalue weighted by atomic mass is 10.0. The summed E-state index contributed by atoms with van der Waals surface area (Å²) in [4.78, 5) is 2.53. The first-order valence-electron chi connectivity index (χ1n) is 10.6. The zero-order valence-corrected chi connectivity index (χ0v) is 17.1. The Morgan fingerprint density at radius 2 is 1.21 bits per heavy atom. The van der Waals surface area contributed by atoms with Crippen molar-refractivity contribution in [3.05, 3.63) is 84.9 Å². The summed E-state index contributed by atoms with van der Waals surface area (Å²) in [5, 5.41) is 3.48. The summed E-state index contributed by atoms with van der Waals surface area (Å²) in [6.45, 7) is 4.56. The highest BCUT2D eigenvalue weighted by Crippen LogP contribution is 2.32. The monoisotopic (exact) mass is 372 g/mol. The fraction of sp³-hybridized carbons (Fsp3) is 0.308. The molecule has 0 aliphatic heterocycles. The van der Waals surface area contributed by atoms with E-state index in [4.69, 9.17) is 0 Å². The molecule has 0 saturated carbocycles. The normalized spacial score (nSPS) is 11.8. The van der Waals surface area contributed by atoms with Gasteiger partial charge in [0.25, 0.3) is 0 Å². The van der Waals surface area contributed by atoms with E-state index in [0.717, 1.165) is 11.4 Å². The molecule has 0 aliphatic rings. The molecule has 0 aromatic heterocycles. The van der Waals surface area contributed by atoms with Crippen molar-refractivity contribution < 1.29 is 0 Å². The third-order valence-electron chi connectivity index (χ3n) is 5.12. The van der Waals surface area contributed by atoms with Gasteiger partial charge in [-0.05, 0) is 61.4 Å². The lowest BCUT2D eigenvalue weighted by Gasteiger charge is -2.34. The lowest BCUT2D eigenvalue weighted by Crippen LogP contribution is -2.31. The molecule has 2 nitrogen and oxygen atoms in total. The van der Waals surface area contributed by atoms with E-state index in [-0.39, 0.29) is 0 Å². The Hall–Kier alpha value is -2.74. The molecule has 0 radical (unpaired) electrons. The van der Waals surface area contributed by atoms with Gasteiger partial charge in [0.1, 0.15) is 0 Å². The van der Waals surface area contributed by atoms with Crippen LogP contribution < -0.4 is 10.2 Å². The number of hydrogen-bond acceptors (Lipinski definition) is 2. The summed E-state index contributed by atoms with van der Waals surface area (Å²) in [6, 6.07) is 30.5. The maximum atomic E-state index is 3.48. The molecule has 1 atom stereocenters. The standard InChI is InChI=1S/C26H32N2/c1-3-5-15-24(12-4-2)28(25-16-10-7-11-17-25)26-20-18-23(19-21-26)27-22-13-8-6-9-14-22/h6-11,13-14,16-21,24,27H,3-5,12,15H2,1-2H3. The zero-order chi connectivity index (χ0) is 19.6. The molecule has 146 valence electrons. The molecule has 1 unspecified atom stereocenters. The first kappa shape index (κ1) is 20.0. The van der Waals surface area contributed by atoms with E-state index in [1.54, 1.807) is 0 Å². The Labute approximate surface area is 170 Å². The SMILES string of the molecule is CCCCC(CCC)N(c1ccccc1)c1ccc(Nc2ccccc2)cc1. The molecule has 0 amide bonds. The number of benzene rings is 3. The van der Waals surface area contributed by atoms with Gasteiger partial charge in [-0.1, -0.05) is 69.5 Å². The Kier molecular flexibility index (Phi) is 7.54. The van der Waals surface area contributed by atoms with Crippen molar-refractivity contribution in [2.24, 2.45) is 0 Å². The van der Waals surface area contributed by atoms with Crippen LogP contribution in [0.4, 0.5) is 22.7 Å². The summed E-state index contributed by atoms with van der Waals surface area (Å²) < 4.78 is 0. The Morgan fingerprint density at radius 3 is 1.82 bits per heavy atom.